The summed E-state index contributed by atoms with van der Waals surface area (Å²) in [7, 11) is 0. The number of carboxylic acid groups (broad SMARTS) is 1. The van der Waals surface area contributed by atoms with E-state index < -0.39 is 5.97 Å². The molecule has 0 aromatic rings. The van der Waals surface area contributed by atoms with E-state index >= 15 is 0 Å². The van der Waals surface area contributed by atoms with Gasteiger partial charge in [-0.25, -0.2) is 0 Å². The molecule has 1 N–H and O–H groups in total. The van der Waals surface area contributed by atoms with Crippen LogP contribution in [-0.4, -0.2) is 46.3 Å². The molecule has 0 spiro atoms. The van der Waals surface area contributed by atoms with Gasteiger partial charge in [-0.2, -0.15) is 23.5 Å². The van der Waals surface area contributed by atoms with Gasteiger partial charge in [0.05, 0.1) is 12.2 Å². The highest BCUT2D eigenvalue weighted by Crippen LogP contribution is 2.46. The molecular formula is C20H34O3S2. The predicted octanol–water partition coefficient (Wildman–Crippen LogP) is 5.08. The molecule has 1 aliphatic carbocycles. The number of carbonyl (C=O) groups is 1. The predicted molar refractivity (Wildman–Crippen MR) is 108 cm³/mol. The van der Waals surface area contributed by atoms with Crippen molar-refractivity contribution in [1.29, 1.82) is 0 Å². The average molecular weight is 387 g/mol. The standard InChI is InChI=1S/C20H34O3S2/c21-20(22)8-4-5-11-24-13-16-17(19-10-9-18(16)23-19)14-25-12-15-6-2-1-3-7-15/h15-19H,1-14H2,(H,21,22). The highest BCUT2D eigenvalue weighted by atomic mass is 32.2. The monoisotopic (exact) mass is 386 g/mol. The molecule has 2 aliphatic heterocycles. The molecule has 25 heavy (non-hydrogen) atoms. The fraction of sp³-hybridized carbons (Fsp3) is 0.950. The van der Waals surface area contributed by atoms with Gasteiger partial charge in [0.15, 0.2) is 0 Å². The van der Waals surface area contributed by atoms with Gasteiger partial charge in [-0.3, -0.25) is 4.79 Å². The van der Waals surface area contributed by atoms with E-state index in [1.54, 1.807) is 0 Å². The van der Waals surface area contributed by atoms with E-state index in [4.69, 9.17) is 9.84 Å². The first-order valence-electron chi connectivity index (χ1n) is 10.3. The summed E-state index contributed by atoms with van der Waals surface area (Å²) in [6.45, 7) is 0. The lowest BCUT2D eigenvalue weighted by Gasteiger charge is -2.28. The van der Waals surface area contributed by atoms with Crippen LogP contribution in [-0.2, 0) is 9.53 Å². The second-order valence-corrected chi connectivity index (χ2v) is 10.3. The van der Waals surface area contributed by atoms with Gasteiger partial charge < -0.3 is 9.84 Å². The summed E-state index contributed by atoms with van der Waals surface area (Å²) in [5.41, 5.74) is 0. The van der Waals surface area contributed by atoms with Gasteiger partial charge in [-0.1, -0.05) is 19.3 Å². The molecule has 4 unspecified atom stereocenters. The van der Waals surface area contributed by atoms with Crippen molar-refractivity contribution in [2.24, 2.45) is 17.8 Å². The Morgan fingerprint density at radius 3 is 2.24 bits per heavy atom. The number of aliphatic carboxylic acids is 1. The first-order chi connectivity index (χ1) is 12.2. The largest absolute Gasteiger partial charge is 0.481 e. The van der Waals surface area contributed by atoms with Crippen LogP contribution >= 0.6 is 23.5 Å². The fourth-order valence-corrected chi connectivity index (χ4v) is 7.60. The Morgan fingerprint density at radius 1 is 0.880 bits per heavy atom. The summed E-state index contributed by atoms with van der Waals surface area (Å²) in [5, 5.41) is 8.70. The molecule has 0 radical (unpaired) electrons. The van der Waals surface area contributed by atoms with Crippen LogP contribution in [0.3, 0.4) is 0 Å². The molecule has 2 bridgehead atoms. The Kier molecular flexibility index (Phi) is 8.32. The summed E-state index contributed by atoms with van der Waals surface area (Å²) in [6, 6.07) is 0. The third kappa shape index (κ3) is 6.07. The van der Waals surface area contributed by atoms with Crippen LogP contribution < -0.4 is 0 Å². The third-order valence-corrected chi connectivity index (χ3v) is 8.74. The molecule has 4 atom stereocenters. The highest BCUT2D eigenvalue weighted by molar-refractivity contribution is 7.99. The number of carboxylic acids is 1. The van der Waals surface area contributed by atoms with Crippen molar-refractivity contribution >= 4 is 29.5 Å². The van der Waals surface area contributed by atoms with Gasteiger partial charge in [-0.05, 0) is 67.5 Å². The lowest BCUT2D eigenvalue weighted by atomic mass is 9.81. The van der Waals surface area contributed by atoms with Crippen molar-refractivity contribution in [2.75, 3.05) is 23.0 Å². The van der Waals surface area contributed by atoms with Crippen LogP contribution in [0.1, 0.15) is 64.2 Å². The molecule has 1 saturated carbocycles. The minimum Gasteiger partial charge on any atom is -0.481 e. The zero-order chi connectivity index (χ0) is 17.5. The van der Waals surface area contributed by atoms with Crippen LogP contribution in [0.25, 0.3) is 0 Å². The van der Waals surface area contributed by atoms with Crippen molar-refractivity contribution in [3.63, 3.8) is 0 Å². The number of hydrogen-bond donors (Lipinski definition) is 1. The highest BCUT2D eigenvalue weighted by Gasteiger charge is 2.48. The van der Waals surface area contributed by atoms with Gasteiger partial charge in [0.2, 0.25) is 0 Å². The van der Waals surface area contributed by atoms with Gasteiger partial charge in [-0.15, -0.1) is 0 Å². The summed E-state index contributed by atoms with van der Waals surface area (Å²) in [4.78, 5) is 10.6. The molecular weight excluding hydrogens is 352 g/mol. The summed E-state index contributed by atoms with van der Waals surface area (Å²) in [5.74, 6) is 6.78. The summed E-state index contributed by atoms with van der Waals surface area (Å²) in [6.07, 6.45) is 13.0. The molecule has 3 fully saturated rings. The zero-order valence-electron chi connectivity index (χ0n) is 15.4. The van der Waals surface area contributed by atoms with E-state index in [1.807, 2.05) is 11.8 Å². The lowest BCUT2D eigenvalue weighted by molar-refractivity contribution is -0.137. The van der Waals surface area contributed by atoms with E-state index in [9.17, 15) is 4.79 Å². The van der Waals surface area contributed by atoms with Gasteiger partial charge >= 0.3 is 5.97 Å². The molecule has 0 aromatic heterocycles. The number of rotatable bonds is 11. The summed E-state index contributed by atoms with van der Waals surface area (Å²) >= 11 is 4.22. The second kappa shape index (κ2) is 10.5. The number of hydrogen-bond acceptors (Lipinski definition) is 4. The molecule has 3 rings (SSSR count). The quantitative estimate of drug-likeness (QED) is 0.502. The Balaban J connectivity index is 1.33. The molecule has 0 amide bonds. The van der Waals surface area contributed by atoms with E-state index in [0.29, 0.717) is 18.6 Å². The number of thioether (sulfide) groups is 2. The van der Waals surface area contributed by atoms with Crippen molar-refractivity contribution in [3.05, 3.63) is 0 Å². The maximum Gasteiger partial charge on any atom is 0.303 e. The number of ether oxygens (including phenoxy) is 1. The van der Waals surface area contributed by atoms with Crippen molar-refractivity contribution in [2.45, 2.75) is 76.4 Å². The van der Waals surface area contributed by atoms with Crippen LogP contribution in [0, 0.1) is 17.8 Å². The molecule has 2 heterocycles. The van der Waals surface area contributed by atoms with Crippen molar-refractivity contribution in [3.8, 4) is 0 Å². The molecule has 144 valence electrons. The number of unbranched alkanes of at least 4 members (excludes halogenated alkanes) is 1. The Hall–Kier alpha value is 0.130. The topological polar surface area (TPSA) is 46.5 Å². The van der Waals surface area contributed by atoms with Crippen molar-refractivity contribution in [1.82, 2.24) is 0 Å². The van der Waals surface area contributed by atoms with Crippen LogP contribution in [0.15, 0.2) is 0 Å². The first kappa shape index (κ1) is 19.9. The average Bonchev–Trinajstić information content (AvgIpc) is 3.21. The van der Waals surface area contributed by atoms with Gasteiger partial charge in [0.25, 0.3) is 0 Å². The Morgan fingerprint density at radius 2 is 1.56 bits per heavy atom. The summed E-state index contributed by atoms with van der Waals surface area (Å²) < 4.78 is 6.25. The van der Waals surface area contributed by atoms with E-state index in [-0.39, 0.29) is 0 Å². The third-order valence-electron chi connectivity index (χ3n) is 6.22. The maximum atomic E-state index is 10.6. The number of fused-ring (bicyclic) bond motifs is 2. The minimum atomic E-state index is -0.665. The SMILES string of the molecule is O=C(O)CCCCSCC1C2CCC(O2)C1CSCC1CCCCC1. The fourth-order valence-electron chi connectivity index (χ4n) is 4.76. The Bertz CT molecular complexity index is 412. The van der Waals surface area contributed by atoms with E-state index in [2.05, 4.69) is 11.8 Å². The second-order valence-electron chi connectivity index (χ2n) is 8.09. The smallest absolute Gasteiger partial charge is 0.303 e. The molecule has 3 nitrogen and oxygen atoms in total. The van der Waals surface area contributed by atoms with Crippen LogP contribution in [0.4, 0.5) is 0 Å². The molecule has 2 saturated heterocycles. The lowest BCUT2D eigenvalue weighted by Crippen LogP contribution is -2.31. The molecule has 3 aliphatic rings. The van der Waals surface area contributed by atoms with Crippen LogP contribution in [0.5, 0.6) is 0 Å². The Labute approximate surface area is 161 Å². The van der Waals surface area contributed by atoms with E-state index in [0.717, 1.165) is 36.3 Å². The van der Waals surface area contributed by atoms with Crippen molar-refractivity contribution < 1.29 is 14.6 Å². The molecule has 0 aromatic carbocycles. The molecule has 5 heteroatoms. The van der Waals surface area contributed by atoms with Gasteiger partial charge in [0, 0.05) is 18.3 Å². The van der Waals surface area contributed by atoms with E-state index in [1.165, 1.54) is 62.2 Å². The van der Waals surface area contributed by atoms with Gasteiger partial charge in [0.1, 0.15) is 0 Å². The zero-order valence-corrected chi connectivity index (χ0v) is 17.0. The maximum absolute atomic E-state index is 10.6. The van der Waals surface area contributed by atoms with Crippen LogP contribution in [0.2, 0.25) is 0 Å². The first-order valence-corrected chi connectivity index (χ1v) is 12.6. The normalized spacial score (nSPS) is 32.3. The minimum absolute atomic E-state index is 0.318.